The lowest BCUT2D eigenvalue weighted by Crippen LogP contribution is -2.42. The van der Waals surface area contributed by atoms with Gasteiger partial charge in [0.2, 0.25) is 0 Å². The highest BCUT2D eigenvalue weighted by Gasteiger charge is 2.38. The van der Waals surface area contributed by atoms with E-state index in [0.717, 1.165) is 17.3 Å². The largest absolute Gasteiger partial charge is 0.496 e. The quantitative estimate of drug-likeness (QED) is 0.599. The predicted molar refractivity (Wildman–Crippen MR) is 108 cm³/mol. The number of amides is 1. The fraction of sp³-hybridized carbons (Fsp3) is 0.261. The average Bonchev–Trinajstić information content (AvgIpc) is 3.25. The van der Waals surface area contributed by atoms with Crippen molar-refractivity contribution >= 4 is 5.91 Å². The number of para-hydroxylation sites is 1. The molecule has 0 aliphatic carbocycles. The standard InChI is InChI=1S/C23H21F3N2O3/c1-30-19-8-4-3-6-16(19)21-18-7-5-11-27(18)12-13-28(21)22(29)15-9-10-20(31-2)17(14-15)23(24,25)26/h3-11,14,21H,12-13H2,1-2H3/t21-/m0/s1. The van der Waals surface area contributed by atoms with Crippen molar-refractivity contribution in [2.24, 2.45) is 0 Å². The van der Waals surface area contributed by atoms with Gasteiger partial charge in [0.25, 0.3) is 5.91 Å². The van der Waals surface area contributed by atoms with Gasteiger partial charge in [-0.2, -0.15) is 13.2 Å². The van der Waals surface area contributed by atoms with Crippen LogP contribution in [0.5, 0.6) is 11.5 Å². The third-order valence-corrected chi connectivity index (χ3v) is 5.48. The molecular formula is C23H21F3N2O3. The number of ether oxygens (including phenoxy) is 2. The molecule has 1 aliphatic heterocycles. The van der Waals surface area contributed by atoms with Crippen LogP contribution in [0.1, 0.15) is 33.2 Å². The Labute approximate surface area is 177 Å². The molecule has 1 aliphatic rings. The SMILES string of the molecule is COc1ccccc1[C@H]1c2cccn2CCN1C(=O)c1ccc(OC)c(C(F)(F)F)c1. The number of aromatic nitrogens is 1. The summed E-state index contributed by atoms with van der Waals surface area (Å²) in [6, 6.07) is 14.0. The van der Waals surface area contributed by atoms with Crippen LogP contribution in [0.15, 0.2) is 60.8 Å². The Balaban J connectivity index is 1.80. The zero-order chi connectivity index (χ0) is 22.2. The Hall–Kier alpha value is -3.42. The molecule has 0 saturated carbocycles. The van der Waals surface area contributed by atoms with Crippen molar-refractivity contribution in [2.45, 2.75) is 18.8 Å². The maximum absolute atomic E-state index is 13.5. The number of benzene rings is 2. The molecule has 4 rings (SSSR count). The third-order valence-electron chi connectivity index (χ3n) is 5.48. The summed E-state index contributed by atoms with van der Waals surface area (Å²) in [4.78, 5) is 15.1. The van der Waals surface area contributed by atoms with Gasteiger partial charge in [-0.1, -0.05) is 18.2 Å². The van der Waals surface area contributed by atoms with E-state index in [1.165, 1.54) is 19.2 Å². The monoisotopic (exact) mass is 430 g/mol. The van der Waals surface area contributed by atoms with E-state index in [-0.39, 0.29) is 11.3 Å². The average molecular weight is 430 g/mol. The van der Waals surface area contributed by atoms with Crippen LogP contribution in [0, 0.1) is 0 Å². The number of hydrogen-bond acceptors (Lipinski definition) is 3. The molecule has 0 fully saturated rings. The Morgan fingerprint density at radius 3 is 2.42 bits per heavy atom. The van der Waals surface area contributed by atoms with Crippen LogP contribution in [0.3, 0.4) is 0 Å². The van der Waals surface area contributed by atoms with Crippen molar-refractivity contribution in [1.82, 2.24) is 9.47 Å². The van der Waals surface area contributed by atoms with E-state index in [9.17, 15) is 18.0 Å². The molecule has 8 heteroatoms. The van der Waals surface area contributed by atoms with E-state index in [4.69, 9.17) is 9.47 Å². The fourth-order valence-electron chi connectivity index (χ4n) is 4.05. The highest BCUT2D eigenvalue weighted by atomic mass is 19.4. The Bertz CT molecular complexity index is 1110. The maximum atomic E-state index is 13.5. The summed E-state index contributed by atoms with van der Waals surface area (Å²) < 4.78 is 52.9. The molecule has 1 atom stereocenters. The molecule has 0 N–H and O–H groups in total. The number of alkyl halides is 3. The molecule has 31 heavy (non-hydrogen) atoms. The van der Waals surface area contributed by atoms with Gasteiger partial charge in [0.05, 0.1) is 19.8 Å². The van der Waals surface area contributed by atoms with E-state index in [2.05, 4.69) is 0 Å². The first-order valence-corrected chi connectivity index (χ1v) is 9.69. The maximum Gasteiger partial charge on any atom is 0.419 e. The Morgan fingerprint density at radius 1 is 0.968 bits per heavy atom. The molecule has 0 radical (unpaired) electrons. The second kappa shape index (κ2) is 8.02. The molecular weight excluding hydrogens is 409 g/mol. The first-order chi connectivity index (χ1) is 14.8. The number of fused-ring (bicyclic) bond motifs is 1. The van der Waals surface area contributed by atoms with Crippen LogP contribution in [0.4, 0.5) is 13.2 Å². The van der Waals surface area contributed by atoms with Gasteiger partial charge in [0.15, 0.2) is 0 Å². The summed E-state index contributed by atoms with van der Waals surface area (Å²) >= 11 is 0. The predicted octanol–water partition coefficient (Wildman–Crippen LogP) is 4.77. The van der Waals surface area contributed by atoms with Gasteiger partial charge in [0.1, 0.15) is 17.5 Å². The highest BCUT2D eigenvalue weighted by Crippen LogP contribution is 2.40. The van der Waals surface area contributed by atoms with Crippen LogP contribution < -0.4 is 9.47 Å². The van der Waals surface area contributed by atoms with Crippen molar-refractivity contribution < 1.29 is 27.4 Å². The van der Waals surface area contributed by atoms with Crippen LogP contribution in [-0.2, 0) is 12.7 Å². The lowest BCUT2D eigenvalue weighted by atomic mass is 9.97. The zero-order valence-electron chi connectivity index (χ0n) is 17.0. The fourth-order valence-corrected chi connectivity index (χ4v) is 4.05. The molecule has 2 aromatic carbocycles. The Kier molecular flexibility index (Phi) is 5.39. The lowest BCUT2D eigenvalue weighted by Gasteiger charge is -2.38. The minimum absolute atomic E-state index is 0.0481. The van der Waals surface area contributed by atoms with Crippen molar-refractivity contribution in [3.63, 3.8) is 0 Å². The van der Waals surface area contributed by atoms with Gasteiger partial charge in [-0.05, 0) is 36.4 Å². The molecule has 162 valence electrons. The van der Waals surface area contributed by atoms with Crippen LogP contribution in [0.25, 0.3) is 0 Å². The molecule has 3 aromatic rings. The number of carbonyl (C=O) groups is 1. The molecule has 0 unspecified atom stereocenters. The van der Waals surface area contributed by atoms with Gasteiger partial charge < -0.3 is 18.9 Å². The van der Waals surface area contributed by atoms with Crippen LogP contribution >= 0.6 is 0 Å². The van der Waals surface area contributed by atoms with E-state index in [1.807, 2.05) is 41.1 Å². The van der Waals surface area contributed by atoms with Crippen molar-refractivity contribution in [2.75, 3.05) is 20.8 Å². The molecule has 2 heterocycles. The minimum Gasteiger partial charge on any atom is -0.496 e. The van der Waals surface area contributed by atoms with Gasteiger partial charge in [-0.3, -0.25) is 4.79 Å². The summed E-state index contributed by atoms with van der Waals surface area (Å²) in [6.07, 6.45) is -2.71. The minimum atomic E-state index is -4.64. The van der Waals surface area contributed by atoms with E-state index >= 15 is 0 Å². The smallest absolute Gasteiger partial charge is 0.419 e. The second-order valence-corrected chi connectivity index (χ2v) is 7.18. The number of halogens is 3. The van der Waals surface area contributed by atoms with Crippen LogP contribution in [0.2, 0.25) is 0 Å². The molecule has 5 nitrogen and oxygen atoms in total. The van der Waals surface area contributed by atoms with E-state index in [0.29, 0.717) is 18.8 Å². The van der Waals surface area contributed by atoms with Gasteiger partial charge >= 0.3 is 6.18 Å². The van der Waals surface area contributed by atoms with Crippen LogP contribution in [-0.4, -0.2) is 36.1 Å². The first kappa shape index (κ1) is 20.8. The lowest BCUT2D eigenvalue weighted by molar-refractivity contribution is -0.138. The van der Waals surface area contributed by atoms with Gasteiger partial charge in [0, 0.05) is 36.1 Å². The van der Waals surface area contributed by atoms with Gasteiger partial charge in [-0.15, -0.1) is 0 Å². The summed E-state index contributed by atoms with van der Waals surface area (Å²) in [6.45, 7) is 0.888. The Morgan fingerprint density at radius 2 is 1.71 bits per heavy atom. The van der Waals surface area contributed by atoms with E-state index < -0.39 is 23.7 Å². The number of carbonyl (C=O) groups excluding carboxylic acids is 1. The van der Waals surface area contributed by atoms with Crippen molar-refractivity contribution in [3.8, 4) is 11.5 Å². The molecule has 0 saturated heterocycles. The molecule has 1 amide bonds. The summed E-state index contributed by atoms with van der Waals surface area (Å²) in [5.74, 6) is -0.208. The molecule has 1 aromatic heterocycles. The topological polar surface area (TPSA) is 43.7 Å². The summed E-state index contributed by atoms with van der Waals surface area (Å²) in [5, 5.41) is 0. The summed E-state index contributed by atoms with van der Waals surface area (Å²) in [5.41, 5.74) is 0.610. The third kappa shape index (κ3) is 3.73. The van der Waals surface area contributed by atoms with Crippen molar-refractivity contribution in [1.29, 1.82) is 0 Å². The summed E-state index contributed by atoms with van der Waals surface area (Å²) in [7, 11) is 2.72. The second-order valence-electron chi connectivity index (χ2n) is 7.18. The van der Waals surface area contributed by atoms with Gasteiger partial charge in [-0.25, -0.2) is 0 Å². The van der Waals surface area contributed by atoms with Crippen molar-refractivity contribution in [3.05, 3.63) is 83.2 Å². The normalized spacial score (nSPS) is 16.0. The number of nitrogens with zero attached hydrogens (tertiary/aromatic N) is 2. The first-order valence-electron chi connectivity index (χ1n) is 9.69. The molecule has 0 spiro atoms. The highest BCUT2D eigenvalue weighted by molar-refractivity contribution is 5.95. The van der Waals surface area contributed by atoms with E-state index in [1.54, 1.807) is 18.1 Å². The number of methoxy groups -OCH3 is 2. The zero-order valence-corrected chi connectivity index (χ0v) is 17.0. The number of rotatable bonds is 4. The molecule has 0 bridgehead atoms. The number of hydrogen-bond donors (Lipinski definition) is 0.